The first-order chi connectivity index (χ1) is 12.6. The van der Waals surface area contributed by atoms with Crippen LogP contribution in [0.5, 0.6) is 0 Å². The highest BCUT2D eigenvalue weighted by Crippen LogP contribution is 2.14. The molecule has 27 heavy (non-hydrogen) atoms. The smallest absolute Gasteiger partial charge is 0.307 e. The van der Waals surface area contributed by atoms with Gasteiger partial charge in [-0.3, -0.25) is 9.69 Å². The predicted molar refractivity (Wildman–Crippen MR) is 121 cm³/mol. The number of hydrogen-bond acceptors (Lipinski definition) is 3. The molecular weight excluding hydrogens is 358 g/mol. The van der Waals surface area contributed by atoms with Gasteiger partial charge in [0.25, 0.3) is 0 Å². The Kier molecular flexibility index (Phi) is 23.6. The quantitative estimate of drug-likeness (QED) is 0.126. The molecule has 1 unspecified atom stereocenters. The third-order valence-electron chi connectivity index (χ3n) is 5.18. The number of carbonyl (C=O) groups is 1. The van der Waals surface area contributed by atoms with Crippen molar-refractivity contribution in [1.29, 1.82) is 0 Å². The van der Waals surface area contributed by atoms with Crippen LogP contribution in [-0.4, -0.2) is 31.2 Å². The SMILES string of the molecule is CCCCCCCCCCCCCCCCCC(=O)OC(CC)N(C)C.Cl. The average Bonchev–Trinajstić information content (AvgIpc) is 2.62. The van der Waals surface area contributed by atoms with Crippen molar-refractivity contribution in [3.8, 4) is 0 Å². The molecule has 0 N–H and O–H groups in total. The van der Waals surface area contributed by atoms with Gasteiger partial charge in [-0.25, -0.2) is 0 Å². The lowest BCUT2D eigenvalue weighted by molar-refractivity contribution is -0.157. The average molecular weight is 406 g/mol. The van der Waals surface area contributed by atoms with E-state index >= 15 is 0 Å². The summed E-state index contributed by atoms with van der Waals surface area (Å²) >= 11 is 0. The van der Waals surface area contributed by atoms with Gasteiger partial charge in [-0.15, -0.1) is 12.4 Å². The van der Waals surface area contributed by atoms with E-state index in [4.69, 9.17) is 4.74 Å². The number of hydrogen-bond donors (Lipinski definition) is 0. The lowest BCUT2D eigenvalue weighted by Gasteiger charge is -2.22. The Morgan fingerprint density at radius 1 is 0.704 bits per heavy atom. The molecule has 0 bridgehead atoms. The van der Waals surface area contributed by atoms with E-state index in [0.29, 0.717) is 6.42 Å². The van der Waals surface area contributed by atoms with Crippen LogP contribution in [0.1, 0.15) is 123 Å². The molecule has 0 saturated heterocycles. The second-order valence-corrected chi connectivity index (χ2v) is 8.02. The summed E-state index contributed by atoms with van der Waals surface area (Å²) in [4.78, 5) is 13.8. The van der Waals surface area contributed by atoms with E-state index < -0.39 is 0 Å². The van der Waals surface area contributed by atoms with Gasteiger partial charge in [0.05, 0.1) is 0 Å². The highest BCUT2D eigenvalue weighted by Gasteiger charge is 2.13. The number of unbranched alkanes of at least 4 members (excludes halogenated alkanes) is 14. The normalized spacial score (nSPS) is 12.0. The van der Waals surface area contributed by atoms with Crippen molar-refractivity contribution in [2.45, 2.75) is 129 Å². The summed E-state index contributed by atoms with van der Waals surface area (Å²) in [6, 6.07) is 0. The lowest BCUT2D eigenvalue weighted by atomic mass is 10.0. The van der Waals surface area contributed by atoms with Crippen LogP contribution in [0.2, 0.25) is 0 Å². The molecule has 3 nitrogen and oxygen atoms in total. The Bertz CT molecular complexity index is 311. The van der Waals surface area contributed by atoms with E-state index in [1.165, 1.54) is 83.5 Å². The summed E-state index contributed by atoms with van der Waals surface area (Å²) < 4.78 is 5.47. The van der Waals surface area contributed by atoms with Gasteiger partial charge in [0.15, 0.2) is 6.23 Å². The molecular formula is C23H48ClNO2. The van der Waals surface area contributed by atoms with Crippen LogP contribution in [0.4, 0.5) is 0 Å². The summed E-state index contributed by atoms with van der Waals surface area (Å²) in [6.07, 6.45) is 21.6. The minimum absolute atomic E-state index is 0. The number of esters is 1. The molecule has 164 valence electrons. The Balaban J connectivity index is 0. The van der Waals surface area contributed by atoms with E-state index in [2.05, 4.69) is 6.92 Å². The maximum Gasteiger partial charge on any atom is 0.307 e. The first kappa shape index (κ1) is 28.9. The molecule has 0 radical (unpaired) electrons. The standard InChI is InChI=1S/C23H47NO2.ClH/c1-5-7-8-9-10-11-12-13-14-15-16-17-18-19-20-21-23(25)26-22(6-2)24(3)4;/h22H,5-21H2,1-4H3;1H. The molecule has 0 spiro atoms. The zero-order chi connectivity index (χ0) is 19.5. The molecule has 0 aromatic heterocycles. The zero-order valence-electron chi connectivity index (χ0n) is 18.8. The van der Waals surface area contributed by atoms with Crippen molar-refractivity contribution in [2.24, 2.45) is 0 Å². The van der Waals surface area contributed by atoms with Crippen LogP contribution in [-0.2, 0) is 9.53 Å². The molecule has 0 aliphatic heterocycles. The molecule has 0 fully saturated rings. The minimum Gasteiger partial charge on any atom is -0.446 e. The molecule has 0 amide bonds. The molecule has 0 saturated carbocycles. The predicted octanol–water partition coefficient (Wildman–Crippen LogP) is 7.51. The van der Waals surface area contributed by atoms with Crippen molar-refractivity contribution < 1.29 is 9.53 Å². The van der Waals surface area contributed by atoms with Gasteiger partial charge in [-0.2, -0.15) is 0 Å². The van der Waals surface area contributed by atoms with Crippen LogP contribution in [0.15, 0.2) is 0 Å². The fraction of sp³-hybridized carbons (Fsp3) is 0.957. The van der Waals surface area contributed by atoms with Crippen molar-refractivity contribution in [3.05, 3.63) is 0 Å². The minimum atomic E-state index is -0.0705. The molecule has 0 aromatic rings. The molecule has 0 aliphatic carbocycles. The topological polar surface area (TPSA) is 29.5 Å². The van der Waals surface area contributed by atoms with Crippen LogP contribution in [0.25, 0.3) is 0 Å². The zero-order valence-corrected chi connectivity index (χ0v) is 19.6. The number of ether oxygens (including phenoxy) is 1. The third kappa shape index (κ3) is 20.3. The van der Waals surface area contributed by atoms with Crippen molar-refractivity contribution in [3.63, 3.8) is 0 Å². The maximum atomic E-state index is 11.8. The fourth-order valence-corrected chi connectivity index (χ4v) is 3.41. The summed E-state index contributed by atoms with van der Waals surface area (Å²) in [5, 5.41) is 0. The molecule has 0 aliphatic rings. The van der Waals surface area contributed by atoms with Gasteiger partial charge in [0.1, 0.15) is 0 Å². The molecule has 0 aromatic carbocycles. The van der Waals surface area contributed by atoms with Gasteiger partial charge in [0, 0.05) is 6.42 Å². The van der Waals surface area contributed by atoms with Crippen LogP contribution >= 0.6 is 12.4 Å². The van der Waals surface area contributed by atoms with Crippen LogP contribution in [0.3, 0.4) is 0 Å². The Morgan fingerprint density at radius 3 is 1.41 bits per heavy atom. The Labute approximate surface area is 176 Å². The second kappa shape index (κ2) is 22.0. The third-order valence-corrected chi connectivity index (χ3v) is 5.18. The number of carbonyl (C=O) groups excluding carboxylic acids is 1. The number of rotatable bonds is 19. The number of halogens is 1. The second-order valence-electron chi connectivity index (χ2n) is 8.02. The lowest BCUT2D eigenvalue weighted by Crippen LogP contribution is -2.32. The van der Waals surface area contributed by atoms with Gasteiger partial charge in [0.2, 0.25) is 0 Å². The summed E-state index contributed by atoms with van der Waals surface area (Å²) in [5.41, 5.74) is 0. The van der Waals surface area contributed by atoms with Gasteiger partial charge < -0.3 is 4.74 Å². The van der Waals surface area contributed by atoms with E-state index in [1.54, 1.807) is 0 Å². The highest BCUT2D eigenvalue weighted by molar-refractivity contribution is 5.85. The molecule has 0 rings (SSSR count). The first-order valence-electron chi connectivity index (χ1n) is 11.5. The highest BCUT2D eigenvalue weighted by atomic mass is 35.5. The monoisotopic (exact) mass is 405 g/mol. The van der Waals surface area contributed by atoms with E-state index in [-0.39, 0.29) is 24.6 Å². The van der Waals surface area contributed by atoms with Crippen molar-refractivity contribution in [2.75, 3.05) is 14.1 Å². The summed E-state index contributed by atoms with van der Waals surface area (Å²) in [7, 11) is 3.91. The van der Waals surface area contributed by atoms with Crippen molar-refractivity contribution in [1.82, 2.24) is 4.90 Å². The van der Waals surface area contributed by atoms with E-state index in [9.17, 15) is 4.79 Å². The van der Waals surface area contributed by atoms with Crippen molar-refractivity contribution >= 4 is 18.4 Å². The van der Waals surface area contributed by atoms with Crippen LogP contribution < -0.4 is 0 Å². The molecule has 1 atom stereocenters. The maximum absolute atomic E-state index is 11.8. The Morgan fingerprint density at radius 2 is 1.07 bits per heavy atom. The van der Waals surface area contributed by atoms with Gasteiger partial charge in [-0.05, 0) is 26.9 Å². The number of nitrogens with zero attached hydrogens (tertiary/aromatic N) is 1. The van der Waals surface area contributed by atoms with E-state index in [0.717, 1.165) is 19.3 Å². The summed E-state index contributed by atoms with van der Waals surface area (Å²) in [5.74, 6) is -0.0414. The fourth-order valence-electron chi connectivity index (χ4n) is 3.41. The largest absolute Gasteiger partial charge is 0.446 e. The first-order valence-corrected chi connectivity index (χ1v) is 11.5. The summed E-state index contributed by atoms with van der Waals surface area (Å²) in [6.45, 7) is 4.33. The van der Waals surface area contributed by atoms with E-state index in [1.807, 2.05) is 25.9 Å². The molecule has 0 heterocycles. The molecule has 4 heteroatoms. The van der Waals surface area contributed by atoms with Gasteiger partial charge in [-0.1, -0.05) is 104 Å². The van der Waals surface area contributed by atoms with Gasteiger partial charge >= 0.3 is 5.97 Å². The Hall–Kier alpha value is -0.280. The van der Waals surface area contributed by atoms with Crippen LogP contribution in [0, 0.1) is 0 Å².